The third kappa shape index (κ3) is 1.63. The molecule has 1 N–H and O–H groups in total. The molecule has 0 aliphatic carbocycles. The van der Waals surface area contributed by atoms with Crippen molar-refractivity contribution in [2.75, 3.05) is 0 Å². The maximum atomic E-state index is 11.6. The Morgan fingerprint density at radius 3 is 1.95 bits per heavy atom. The highest BCUT2D eigenvalue weighted by atomic mass is 16.5. The molecule has 2 aromatic rings. The van der Waals surface area contributed by atoms with Gasteiger partial charge >= 0.3 is 5.97 Å². The van der Waals surface area contributed by atoms with Crippen LogP contribution in [0.3, 0.4) is 0 Å². The summed E-state index contributed by atoms with van der Waals surface area (Å²) in [5, 5.41) is 9.51. The molecule has 1 aliphatic heterocycles. The van der Waals surface area contributed by atoms with Gasteiger partial charge in [0.2, 0.25) is 0 Å². The van der Waals surface area contributed by atoms with Crippen molar-refractivity contribution in [2.24, 2.45) is 5.92 Å². The van der Waals surface area contributed by atoms with Gasteiger partial charge in [-0.15, -0.1) is 0 Å². The van der Waals surface area contributed by atoms with E-state index >= 15 is 0 Å². The van der Waals surface area contributed by atoms with Crippen LogP contribution in [0.2, 0.25) is 0 Å². The number of ether oxygens (including phenoxy) is 1. The first-order valence-electron chi connectivity index (χ1n) is 6.65. The molecule has 0 radical (unpaired) electrons. The van der Waals surface area contributed by atoms with Crippen molar-refractivity contribution < 1.29 is 14.6 Å². The van der Waals surface area contributed by atoms with Crippen molar-refractivity contribution in [2.45, 2.75) is 19.3 Å². The third-order valence-corrected chi connectivity index (χ3v) is 4.35. The lowest BCUT2D eigenvalue weighted by Gasteiger charge is -2.40. The van der Waals surface area contributed by atoms with Gasteiger partial charge in [0, 0.05) is 16.5 Å². The van der Waals surface area contributed by atoms with Crippen LogP contribution in [-0.2, 0) is 10.2 Å². The number of hydrogen-bond acceptors (Lipinski definition) is 2. The molecule has 2 aromatic carbocycles. The van der Waals surface area contributed by atoms with Crippen LogP contribution in [0.4, 0.5) is 0 Å². The van der Waals surface area contributed by atoms with Crippen LogP contribution < -0.4 is 4.74 Å². The van der Waals surface area contributed by atoms with E-state index < -0.39 is 17.3 Å². The molecule has 1 aliphatic rings. The first-order valence-corrected chi connectivity index (χ1v) is 6.65. The number of carboxylic acid groups (broad SMARTS) is 1. The monoisotopic (exact) mass is 268 g/mol. The second kappa shape index (κ2) is 4.37. The van der Waals surface area contributed by atoms with E-state index in [0.717, 1.165) is 22.6 Å². The quantitative estimate of drug-likeness (QED) is 0.900. The minimum Gasteiger partial charge on any atom is -0.481 e. The third-order valence-electron chi connectivity index (χ3n) is 4.35. The predicted molar refractivity (Wildman–Crippen MR) is 76.2 cm³/mol. The number of carboxylic acids is 1. The minimum absolute atomic E-state index is 0.548. The number of fused-ring (bicyclic) bond motifs is 2. The Balaban J connectivity index is 2.30. The van der Waals surface area contributed by atoms with E-state index in [1.807, 2.05) is 55.5 Å². The lowest BCUT2D eigenvalue weighted by molar-refractivity contribution is -0.142. The summed E-state index contributed by atoms with van der Waals surface area (Å²) in [7, 11) is 0. The van der Waals surface area contributed by atoms with Crippen molar-refractivity contribution in [3.63, 3.8) is 0 Å². The Kier molecular flexibility index (Phi) is 2.78. The minimum atomic E-state index is -0.806. The van der Waals surface area contributed by atoms with Crippen molar-refractivity contribution >= 4 is 5.97 Å². The first kappa shape index (κ1) is 12.7. The molecular weight excluding hydrogens is 252 g/mol. The molecule has 0 saturated heterocycles. The highest BCUT2D eigenvalue weighted by Gasteiger charge is 2.45. The van der Waals surface area contributed by atoms with Crippen LogP contribution in [0.5, 0.6) is 11.5 Å². The summed E-state index contributed by atoms with van der Waals surface area (Å²) >= 11 is 0. The number of aliphatic carboxylic acids is 1. The summed E-state index contributed by atoms with van der Waals surface area (Å²) in [5.74, 6) is 0.122. The molecule has 0 spiro atoms. The van der Waals surface area contributed by atoms with Gasteiger partial charge in [0.05, 0.1) is 5.92 Å². The summed E-state index contributed by atoms with van der Waals surface area (Å²) in [6.07, 6.45) is 0. The molecule has 0 aromatic heterocycles. The van der Waals surface area contributed by atoms with E-state index in [2.05, 4.69) is 0 Å². The molecule has 0 bridgehead atoms. The Hall–Kier alpha value is -2.29. The molecule has 0 amide bonds. The van der Waals surface area contributed by atoms with Gasteiger partial charge in [-0.05, 0) is 12.1 Å². The van der Waals surface area contributed by atoms with Crippen molar-refractivity contribution in [3.8, 4) is 11.5 Å². The van der Waals surface area contributed by atoms with Gasteiger partial charge in [-0.1, -0.05) is 50.2 Å². The van der Waals surface area contributed by atoms with E-state index in [4.69, 9.17) is 4.74 Å². The summed E-state index contributed by atoms with van der Waals surface area (Å²) in [6, 6.07) is 15.3. The lowest BCUT2D eigenvalue weighted by Crippen LogP contribution is -2.38. The van der Waals surface area contributed by atoms with Gasteiger partial charge in [-0.2, -0.15) is 0 Å². The number of hydrogen-bond donors (Lipinski definition) is 1. The number of carbonyl (C=O) groups is 1. The summed E-state index contributed by atoms with van der Waals surface area (Å²) in [4.78, 5) is 11.6. The summed E-state index contributed by atoms with van der Waals surface area (Å²) < 4.78 is 5.91. The highest BCUT2D eigenvalue weighted by Crippen LogP contribution is 2.51. The summed E-state index contributed by atoms with van der Waals surface area (Å²) in [6.45, 7) is 3.73. The average Bonchev–Trinajstić information content (AvgIpc) is 2.46. The van der Waals surface area contributed by atoms with Crippen LogP contribution in [0.25, 0.3) is 0 Å². The molecule has 0 saturated carbocycles. The normalized spacial score (nSPS) is 16.5. The van der Waals surface area contributed by atoms with Crippen LogP contribution in [0.1, 0.15) is 25.0 Å². The molecule has 0 fully saturated rings. The van der Waals surface area contributed by atoms with Gasteiger partial charge in [0.1, 0.15) is 11.5 Å². The zero-order valence-electron chi connectivity index (χ0n) is 11.5. The van der Waals surface area contributed by atoms with Crippen molar-refractivity contribution in [1.82, 2.24) is 0 Å². The Morgan fingerprint density at radius 1 is 1.05 bits per heavy atom. The number of rotatable bonds is 2. The molecule has 3 nitrogen and oxygen atoms in total. The molecule has 1 heterocycles. The van der Waals surface area contributed by atoms with Gasteiger partial charge in [-0.25, -0.2) is 0 Å². The molecule has 3 rings (SSSR count). The van der Waals surface area contributed by atoms with Gasteiger partial charge in [0.25, 0.3) is 0 Å². The van der Waals surface area contributed by atoms with E-state index in [1.165, 1.54) is 0 Å². The van der Waals surface area contributed by atoms with Gasteiger partial charge in [0.15, 0.2) is 0 Å². The van der Waals surface area contributed by atoms with Crippen LogP contribution in [0, 0.1) is 5.92 Å². The van der Waals surface area contributed by atoms with Gasteiger partial charge < -0.3 is 9.84 Å². The van der Waals surface area contributed by atoms with Crippen LogP contribution in [0.15, 0.2) is 48.5 Å². The Bertz CT molecular complexity index is 630. The standard InChI is InChI=1S/C17H16O3/c1-11(16(18)19)17(2)12-7-3-5-9-14(12)20-15-10-6-4-8-13(15)17/h3-11H,1-2H3,(H,18,19). The second-order valence-electron chi connectivity index (χ2n) is 5.36. The Morgan fingerprint density at radius 2 is 1.50 bits per heavy atom. The first-order chi connectivity index (χ1) is 9.55. The van der Waals surface area contributed by atoms with Crippen LogP contribution >= 0.6 is 0 Å². The molecule has 3 heteroatoms. The SMILES string of the molecule is CC(C(=O)O)C1(C)c2ccccc2Oc2ccccc21. The molecular formula is C17H16O3. The van der Waals surface area contributed by atoms with E-state index in [1.54, 1.807) is 6.92 Å². The van der Waals surface area contributed by atoms with Crippen LogP contribution in [-0.4, -0.2) is 11.1 Å². The average molecular weight is 268 g/mol. The molecule has 20 heavy (non-hydrogen) atoms. The fraction of sp³-hybridized carbons (Fsp3) is 0.235. The largest absolute Gasteiger partial charge is 0.481 e. The Labute approximate surface area is 117 Å². The highest BCUT2D eigenvalue weighted by molar-refractivity contribution is 5.75. The fourth-order valence-corrected chi connectivity index (χ4v) is 2.95. The van der Waals surface area contributed by atoms with E-state index in [9.17, 15) is 9.90 Å². The van der Waals surface area contributed by atoms with E-state index in [0.29, 0.717) is 0 Å². The fourth-order valence-electron chi connectivity index (χ4n) is 2.95. The molecule has 102 valence electrons. The number of benzene rings is 2. The smallest absolute Gasteiger partial charge is 0.307 e. The van der Waals surface area contributed by atoms with Crippen molar-refractivity contribution in [1.29, 1.82) is 0 Å². The number of para-hydroxylation sites is 2. The second-order valence-corrected chi connectivity index (χ2v) is 5.36. The zero-order valence-corrected chi connectivity index (χ0v) is 11.5. The zero-order chi connectivity index (χ0) is 14.3. The lowest BCUT2D eigenvalue weighted by atomic mass is 9.66. The van der Waals surface area contributed by atoms with Crippen molar-refractivity contribution in [3.05, 3.63) is 59.7 Å². The van der Waals surface area contributed by atoms with E-state index in [-0.39, 0.29) is 0 Å². The maximum absolute atomic E-state index is 11.6. The maximum Gasteiger partial charge on any atom is 0.307 e. The topological polar surface area (TPSA) is 46.5 Å². The predicted octanol–water partition coefficient (Wildman–Crippen LogP) is 3.82. The molecule has 1 atom stereocenters. The summed E-state index contributed by atoms with van der Waals surface area (Å²) in [5.41, 5.74) is 1.25. The molecule has 1 unspecified atom stereocenters. The van der Waals surface area contributed by atoms with Gasteiger partial charge in [-0.3, -0.25) is 4.79 Å².